The number of aryl methyl sites for hydroxylation is 2. The van der Waals surface area contributed by atoms with Crippen LogP contribution in [0.4, 0.5) is 5.69 Å². The van der Waals surface area contributed by atoms with Crippen LogP contribution in [0, 0.1) is 0 Å². The summed E-state index contributed by atoms with van der Waals surface area (Å²) in [6.07, 6.45) is -1.82. The van der Waals surface area contributed by atoms with E-state index in [0.717, 1.165) is 43.4 Å². The van der Waals surface area contributed by atoms with Gasteiger partial charge in [-0.2, -0.15) is 0 Å². The monoisotopic (exact) mass is 413 g/mol. The number of anilines is 1. The van der Waals surface area contributed by atoms with Crippen molar-refractivity contribution in [3.8, 4) is 0 Å². The maximum atomic E-state index is 10.5. The Bertz CT molecular complexity index is 884. The molecule has 5 atom stereocenters. The van der Waals surface area contributed by atoms with Crippen molar-refractivity contribution in [3.63, 3.8) is 0 Å². The van der Waals surface area contributed by atoms with Crippen LogP contribution < -0.4 is 5.32 Å². The average Bonchev–Trinajstić information content (AvgIpc) is 2.77. The zero-order chi connectivity index (χ0) is 21.3. The molecule has 0 aliphatic carbocycles. The molecular weight excluding hydrogens is 382 g/mol. The molecule has 1 saturated heterocycles. The molecule has 6 heteroatoms. The molecule has 1 fully saturated rings. The Morgan fingerprint density at radius 3 is 2.60 bits per heavy atom. The number of aliphatic hydroxyl groups excluding tert-OH is 4. The lowest BCUT2D eigenvalue weighted by molar-refractivity contribution is -0.231. The van der Waals surface area contributed by atoms with Gasteiger partial charge in [0.1, 0.15) is 30.5 Å². The molecule has 162 valence electrons. The molecule has 0 bridgehead atoms. The van der Waals surface area contributed by atoms with E-state index in [-0.39, 0.29) is 0 Å². The van der Waals surface area contributed by atoms with Gasteiger partial charge in [-0.25, -0.2) is 0 Å². The van der Waals surface area contributed by atoms with E-state index in [4.69, 9.17) is 4.74 Å². The quantitative estimate of drug-likeness (QED) is 0.512. The molecule has 0 aromatic heterocycles. The Kier molecular flexibility index (Phi) is 6.41. The second-order valence-corrected chi connectivity index (χ2v) is 8.33. The highest BCUT2D eigenvalue weighted by Gasteiger charge is 2.44. The lowest BCUT2D eigenvalue weighted by Crippen LogP contribution is -2.55. The predicted molar refractivity (Wildman–Crippen MR) is 115 cm³/mol. The number of rotatable bonds is 5. The molecule has 4 rings (SSSR count). The summed E-state index contributed by atoms with van der Waals surface area (Å²) >= 11 is 0. The number of benzene rings is 2. The third-order valence-corrected chi connectivity index (χ3v) is 6.33. The minimum Gasteiger partial charge on any atom is -0.394 e. The van der Waals surface area contributed by atoms with Crippen LogP contribution in [0.25, 0.3) is 0 Å². The van der Waals surface area contributed by atoms with Crippen LogP contribution in [0.2, 0.25) is 0 Å². The van der Waals surface area contributed by atoms with Crippen molar-refractivity contribution in [2.75, 3.05) is 18.5 Å². The van der Waals surface area contributed by atoms with Crippen LogP contribution in [0.5, 0.6) is 0 Å². The van der Waals surface area contributed by atoms with Crippen molar-refractivity contribution in [1.29, 1.82) is 0 Å². The molecule has 5 N–H and O–H groups in total. The molecule has 0 spiro atoms. The molecule has 0 saturated carbocycles. The lowest BCUT2D eigenvalue weighted by atomic mass is 9.88. The Hall–Kier alpha value is -1.96. The lowest BCUT2D eigenvalue weighted by Gasteiger charge is -2.40. The fraction of sp³-hybridized carbons (Fsp3) is 0.500. The topological polar surface area (TPSA) is 102 Å². The Morgan fingerprint density at radius 2 is 1.83 bits per heavy atom. The molecular formula is C24H31NO5. The van der Waals surface area contributed by atoms with Crippen molar-refractivity contribution in [2.45, 2.75) is 63.1 Å². The van der Waals surface area contributed by atoms with Gasteiger partial charge in [-0.3, -0.25) is 0 Å². The van der Waals surface area contributed by atoms with Gasteiger partial charge in [-0.15, -0.1) is 0 Å². The number of ether oxygens (including phenoxy) is 1. The number of aliphatic hydroxyl groups is 4. The zero-order valence-electron chi connectivity index (χ0n) is 17.3. The normalized spacial score (nSPS) is 28.6. The van der Waals surface area contributed by atoms with Gasteiger partial charge in [0.25, 0.3) is 0 Å². The average molecular weight is 414 g/mol. The van der Waals surface area contributed by atoms with Gasteiger partial charge in [-0.05, 0) is 59.6 Å². The second kappa shape index (κ2) is 9.04. The second-order valence-electron chi connectivity index (χ2n) is 8.33. The van der Waals surface area contributed by atoms with Crippen LogP contribution in [0.3, 0.4) is 0 Å². The molecule has 2 aromatic carbocycles. The maximum Gasteiger partial charge on any atom is 0.113 e. The summed E-state index contributed by atoms with van der Waals surface area (Å²) in [5.74, 6) is 0. The minimum atomic E-state index is -1.37. The molecule has 2 aliphatic heterocycles. The first kappa shape index (κ1) is 21.3. The number of fused-ring (bicyclic) bond motifs is 1. The van der Waals surface area contributed by atoms with E-state index < -0.39 is 37.1 Å². The summed E-state index contributed by atoms with van der Waals surface area (Å²) in [7, 11) is 0. The first-order valence-electron chi connectivity index (χ1n) is 10.8. The summed E-state index contributed by atoms with van der Waals surface area (Å²) < 4.78 is 5.75. The first-order valence-corrected chi connectivity index (χ1v) is 10.8. The molecule has 30 heavy (non-hydrogen) atoms. The Balaban J connectivity index is 1.62. The van der Waals surface area contributed by atoms with E-state index in [9.17, 15) is 20.4 Å². The Labute approximate surface area is 177 Å². The molecule has 2 aliphatic rings. The summed E-state index contributed by atoms with van der Waals surface area (Å²) in [6.45, 7) is 2.71. The molecule has 2 aromatic rings. The van der Waals surface area contributed by atoms with Gasteiger partial charge >= 0.3 is 0 Å². The summed E-state index contributed by atoms with van der Waals surface area (Å²) in [5, 5.41) is 43.6. The molecule has 0 unspecified atom stereocenters. The van der Waals surface area contributed by atoms with E-state index in [1.165, 1.54) is 22.4 Å². The van der Waals surface area contributed by atoms with Gasteiger partial charge in [0.15, 0.2) is 0 Å². The summed E-state index contributed by atoms with van der Waals surface area (Å²) in [6, 6.07) is 12.5. The van der Waals surface area contributed by atoms with Gasteiger partial charge in [0, 0.05) is 12.2 Å². The Morgan fingerprint density at radius 1 is 1.00 bits per heavy atom. The van der Waals surface area contributed by atoms with E-state index in [0.29, 0.717) is 0 Å². The van der Waals surface area contributed by atoms with E-state index in [2.05, 4.69) is 30.4 Å². The van der Waals surface area contributed by atoms with Crippen LogP contribution in [-0.2, 0) is 24.0 Å². The third-order valence-electron chi connectivity index (χ3n) is 6.33. The highest BCUT2D eigenvalue weighted by Crippen LogP contribution is 2.34. The van der Waals surface area contributed by atoms with E-state index >= 15 is 0 Å². The number of nitrogens with one attached hydrogen (secondary N) is 1. The van der Waals surface area contributed by atoms with Crippen molar-refractivity contribution in [1.82, 2.24) is 0 Å². The van der Waals surface area contributed by atoms with Crippen molar-refractivity contribution in [2.24, 2.45) is 0 Å². The highest BCUT2D eigenvalue weighted by molar-refractivity contribution is 5.55. The van der Waals surface area contributed by atoms with Crippen molar-refractivity contribution < 1.29 is 25.2 Å². The SMILES string of the molecule is CCc1ccc([C@@H]2O[C@H](CO)[C@@H](O)[C@H](O)[C@H]2O)cc1Cc1ccc2c(c1)CCCN2. The molecule has 2 heterocycles. The van der Waals surface area contributed by atoms with Crippen molar-refractivity contribution in [3.05, 3.63) is 64.2 Å². The first-order chi connectivity index (χ1) is 14.5. The van der Waals surface area contributed by atoms with Gasteiger partial charge in [0.2, 0.25) is 0 Å². The van der Waals surface area contributed by atoms with Gasteiger partial charge in [0.05, 0.1) is 6.61 Å². The van der Waals surface area contributed by atoms with Crippen LogP contribution in [-0.4, -0.2) is 58.0 Å². The molecule has 6 nitrogen and oxygen atoms in total. The zero-order valence-corrected chi connectivity index (χ0v) is 17.3. The largest absolute Gasteiger partial charge is 0.394 e. The summed E-state index contributed by atoms with van der Waals surface area (Å²) in [5.41, 5.74) is 6.91. The smallest absolute Gasteiger partial charge is 0.113 e. The fourth-order valence-corrected chi connectivity index (χ4v) is 4.57. The fourth-order valence-electron chi connectivity index (χ4n) is 4.57. The maximum absolute atomic E-state index is 10.5. The third kappa shape index (κ3) is 4.11. The number of hydrogen-bond donors (Lipinski definition) is 5. The van der Waals surface area contributed by atoms with E-state index in [1.54, 1.807) is 0 Å². The minimum absolute atomic E-state index is 0.426. The number of hydrogen-bond acceptors (Lipinski definition) is 6. The summed E-state index contributed by atoms with van der Waals surface area (Å²) in [4.78, 5) is 0. The standard InChI is InChI=1S/C24H31NO5/c1-2-15-6-7-17(24-23(29)22(28)21(27)20(13-26)30-24)12-18(15)11-14-5-8-19-16(10-14)4-3-9-25-19/h5-8,10,12,20-29H,2-4,9,11,13H2,1H3/t20-,21-,22+,23-,24+/m1/s1. The van der Waals surface area contributed by atoms with Crippen LogP contribution >= 0.6 is 0 Å². The van der Waals surface area contributed by atoms with E-state index in [1.807, 2.05) is 18.2 Å². The van der Waals surface area contributed by atoms with Crippen LogP contribution in [0.15, 0.2) is 36.4 Å². The highest BCUT2D eigenvalue weighted by atomic mass is 16.5. The van der Waals surface area contributed by atoms with Crippen LogP contribution in [0.1, 0.15) is 47.3 Å². The van der Waals surface area contributed by atoms with Gasteiger partial charge < -0.3 is 30.5 Å². The molecule has 0 amide bonds. The molecule has 0 radical (unpaired) electrons. The predicted octanol–water partition coefficient (Wildman–Crippen LogP) is 1.71. The van der Waals surface area contributed by atoms with Gasteiger partial charge in [-0.1, -0.05) is 37.3 Å². The van der Waals surface area contributed by atoms with Crippen molar-refractivity contribution >= 4 is 5.69 Å².